The molecule has 8 heteroatoms. The van der Waals surface area contributed by atoms with Crippen molar-refractivity contribution in [3.05, 3.63) is 58.9 Å². The summed E-state index contributed by atoms with van der Waals surface area (Å²) < 4.78 is 27.9. The predicted octanol–water partition coefficient (Wildman–Crippen LogP) is 4.48. The molecule has 0 bridgehead atoms. The number of pyridine rings is 1. The average molecular weight is 430 g/mol. The Hall–Kier alpha value is -2.45. The highest BCUT2D eigenvalue weighted by molar-refractivity contribution is 8.15. The van der Waals surface area contributed by atoms with Crippen molar-refractivity contribution in [1.29, 1.82) is 0 Å². The molecule has 2 aliphatic rings. The molecule has 0 radical (unpaired) electrons. The van der Waals surface area contributed by atoms with Crippen LogP contribution in [0.3, 0.4) is 0 Å². The van der Waals surface area contributed by atoms with Gasteiger partial charge in [-0.2, -0.15) is 10.2 Å². The van der Waals surface area contributed by atoms with Gasteiger partial charge in [0.05, 0.1) is 23.6 Å². The van der Waals surface area contributed by atoms with Crippen molar-refractivity contribution in [3.8, 4) is 0 Å². The molecule has 5 nitrogen and oxygen atoms in total. The smallest absolute Gasteiger partial charge is 0.278 e. The number of aromatic nitrogens is 1. The second-order valence-corrected chi connectivity index (χ2v) is 9.47. The van der Waals surface area contributed by atoms with Gasteiger partial charge in [-0.25, -0.2) is 8.78 Å². The molecule has 3 heterocycles. The van der Waals surface area contributed by atoms with Gasteiger partial charge in [-0.15, -0.1) is 10.7 Å². The van der Waals surface area contributed by atoms with Gasteiger partial charge in [0.2, 0.25) is 0 Å². The molecule has 1 atom stereocenters. The lowest BCUT2D eigenvalue weighted by Gasteiger charge is -2.29. The van der Waals surface area contributed by atoms with E-state index in [0.29, 0.717) is 12.3 Å². The Kier molecular flexibility index (Phi) is 6.06. The number of nitrogens with zero attached hydrogens (tertiary/aromatic N) is 5. The lowest BCUT2D eigenvalue weighted by Crippen LogP contribution is -2.20. The Morgan fingerprint density at radius 2 is 2.03 bits per heavy atom. The van der Waals surface area contributed by atoms with Gasteiger partial charge >= 0.3 is 0 Å². The van der Waals surface area contributed by atoms with Crippen molar-refractivity contribution >= 4 is 33.7 Å². The maximum absolute atomic E-state index is 12.8. The summed E-state index contributed by atoms with van der Waals surface area (Å²) in [7, 11) is 1.94. The number of anilines is 1. The third-order valence-corrected chi connectivity index (χ3v) is 7.01. The van der Waals surface area contributed by atoms with E-state index >= 15 is 0 Å². The van der Waals surface area contributed by atoms with Crippen molar-refractivity contribution in [2.45, 2.75) is 39.4 Å². The second-order valence-electron chi connectivity index (χ2n) is 7.53. The molecule has 0 N–H and O–H groups in total. The number of halogens is 2. The fraction of sp³-hybridized carbons (Fsp3) is 0.364. The number of rotatable bonds is 7. The molecule has 0 fully saturated rings. The Labute approximate surface area is 178 Å². The minimum atomic E-state index is -2.57. The molecule has 158 valence electrons. The van der Waals surface area contributed by atoms with Gasteiger partial charge in [-0.05, 0) is 36.4 Å². The summed E-state index contributed by atoms with van der Waals surface area (Å²) in [6.07, 6.45) is -0.790. The molecule has 1 unspecified atom stereocenters. The first-order valence-electron chi connectivity index (χ1n) is 9.90. The van der Waals surface area contributed by atoms with Crippen molar-refractivity contribution in [2.75, 3.05) is 17.1 Å². The molecule has 0 saturated carbocycles. The molecule has 1 aromatic heterocycles. The maximum atomic E-state index is 12.8. The van der Waals surface area contributed by atoms with Crippen LogP contribution < -0.4 is 4.31 Å². The monoisotopic (exact) mass is 429 g/mol. The maximum Gasteiger partial charge on any atom is 0.278 e. The van der Waals surface area contributed by atoms with Crippen LogP contribution in [-0.4, -0.2) is 46.4 Å². The topological polar surface area (TPSA) is 44.1 Å². The molecule has 0 amide bonds. The summed E-state index contributed by atoms with van der Waals surface area (Å²) in [5.41, 5.74) is 5.94. The van der Waals surface area contributed by atoms with Crippen LogP contribution in [0.4, 0.5) is 14.5 Å². The van der Waals surface area contributed by atoms with E-state index in [1.54, 1.807) is 6.20 Å². The Balaban J connectivity index is 1.54. The van der Waals surface area contributed by atoms with E-state index in [9.17, 15) is 8.78 Å². The van der Waals surface area contributed by atoms with Crippen molar-refractivity contribution in [2.24, 2.45) is 10.2 Å². The Morgan fingerprint density at radius 3 is 2.70 bits per heavy atom. The summed E-state index contributed by atoms with van der Waals surface area (Å²) in [5.74, 6) is 5.33. The highest BCUT2D eigenvalue weighted by atomic mass is 32.2. The molecule has 0 saturated heterocycles. The molecule has 2 aliphatic heterocycles. The molecule has 1 aromatic carbocycles. The third kappa shape index (κ3) is 4.20. The molecule has 30 heavy (non-hydrogen) atoms. The highest BCUT2D eigenvalue weighted by Gasteiger charge is 2.24. The normalized spacial score (nSPS) is 17.1. The lowest BCUT2D eigenvalue weighted by molar-refractivity contribution is 0.224. The quantitative estimate of drug-likeness (QED) is 0.610. The van der Waals surface area contributed by atoms with E-state index < -0.39 is 6.43 Å². The SMILES string of the molecule is C=S(CC)N(Cc1ccc(C2=NN=C(C(F)F)C2)cn1)c1cccc2c1CN(C)C2. The molecule has 2 aromatic rings. The van der Waals surface area contributed by atoms with Crippen LogP contribution in [0.25, 0.3) is 0 Å². The van der Waals surface area contributed by atoms with E-state index in [2.05, 4.69) is 62.4 Å². The van der Waals surface area contributed by atoms with E-state index in [-0.39, 0.29) is 22.8 Å². The summed E-state index contributed by atoms with van der Waals surface area (Å²) in [6, 6.07) is 10.3. The van der Waals surface area contributed by atoms with E-state index in [1.165, 1.54) is 16.8 Å². The van der Waals surface area contributed by atoms with Crippen molar-refractivity contribution in [3.63, 3.8) is 0 Å². The van der Waals surface area contributed by atoms with E-state index in [4.69, 9.17) is 0 Å². The largest absolute Gasteiger partial charge is 0.316 e. The Bertz CT molecular complexity index is 1020. The third-order valence-electron chi connectivity index (χ3n) is 5.39. The number of alkyl halides is 2. The zero-order valence-corrected chi connectivity index (χ0v) is 18.0. The van der Waals surface area contributed by atoms with Crippen LogP contribution in [0.2, 0.25) is 0 Å². The predicted molar refractivity (Wildman–Crippen MR) is 122 cm³/mol. The first-order valence-corrected chi connectivity index (χ1v) is 11.4. The summed E-state index contributed by atoms with van der Waals surface area (Å²) in [5, 5.41) is 7.48. The number of benzene rings is 1. The number of hydrogen-bond donors (Lipinski definition) is 0. The van der Waals surface area contributed by atoms with Crippen LogP contribution in [0.1, 0.15) is 35.7 Å². The minimum Gasteiger partial charge on any atom is -0.316 e. The van der Waals surface area contributed by atoms with Gasteiger partial charge in [-0.3, -0.25) is 9.88 Å². The summed E-state index contributed by atoms with van der Waals surface area (Å²) in [4.78, 5) is 6.90. The summed E-state index contributed by atoms with van der Waals surface area (Å²) >= 11 is 0. The van der Waals surface area contributed by atoms with Gasteiger partial charge in [0.25, 0.3) is 6.43 Å². The van der Waals surface area contributed by atoms with Crippen LogP contribution >= 0.6 is 10.7 Å². The van der Waals surface area contributed by atoms with Gasteiger partial charge in [0, 0.05) is 37.0 Å². The van der Waals surface area contributed by atoms with Crippen molar-refractivity contribution < 1.29 is 8.78 Å². The molecule has 4 rings (SSSR count). The van der Waals surface area contributed by atoms with Crippen LogP contribution in [0.15, 0.2) is 46.7 Å². The zero-order chi connectivity index (χ0) is 21.3. The first kappa shape index (κ1) is 20.8. The second kappa shape index (κ2) is 8.73. The molecular weight excluding hydrogens is 404 g/mol. The standard InChI is InChI=1S/C22H25F2N5S/c1-4-30(3)29(21-7-5-6-16-12-28(2)14-18(16)21)13-17-9-8-15(11-25-17)19-10-20(22(23)24)27-26-19/h5-9,11,22H,3-4,10,12-14H2,1-2H3. The Morgan fingerprint density at radius 1 is 1.20 bits per heavy atom. The zero-order valence-electron chi connectivity index (χ0n) is 17.2. The van der Waals surface area contributed by atoms with Crippen LogP contribution in [-0.2, 0) is 19.6 Å². The first-order chi connectivity index (χ1) is 14.5. The van der Waals surface area contributed by atoms with Crippen LogP contribution in [0.5, 0.6) is 0 Å². The lowest BCUT2D eigenvalue weighted by atomic mass is 10.1. The summed E-state index contributed by atoms with van der Waals surface area (Å²) in [6.45, 7) is 4.69. The fourth-order valence-electron chi connectivity index (χ4n) is 3.76. The number of hydrogen-bond acceptors (Lipinski definition) is 5. The molecule has 0 spiro atoms. The minimum absolute atomic E-state index is 0.0761. The van der Waals surface area contributed by atoms with Gasteiger partial charge in [0.15, 0.2) is 0 Å². The fourth-order valence-corrected chi connectivity index (χ4v) is 4.83. The molecule has 0 aliphatic carbocycles. The van der Waals surface area contributed by atoms with Crippen LogP contribution in [0, 0.1) is 0 Å². The van der Waals surface area contributed by atoms with Gasteiger partial charge in [0.1, 0.15) is 5.71 Å². The molecular formula is C22H25F2N5S. The van der Waals surface area contributed by atoms with E-state index in [0.717, 1.165) is 30.1 Å². The average Bonchev–Trinajstić information content (AvgIpc) is 3.38. The number of fused-ring (bicyclic) bond motifs is 1. The van der Waals surface area contributed by atoms with E-state index in [1.807, 2.05) is 12.1 Å². The van der Waals surface area contributed by atoms with Crippen molar-refractivity contribution in [1.82, 2.24) is 9.88 Å². The highest BCUT2D eigenvalue weighted by Crippen LogP contribution is 2.36. The van der Waals surface area contributed by atoms with Gasteiger partial charge < -0.3 is 4.31 Å². The van der Waals surface area contributed by atoms with Gasteiger partial charge in [-0.1, -0.05) is 24.9 Å².